The molecule has 0 unspecified atom stereocenters. The van der Waals surface area contributed by atoms with Crippen molar-refractivity contribution < 1.29 is 7.25 Å². The predicted molar refractivity (Wildman–Crippen MR) is 45.8 cm³/mol. The Bertz CT molecular complexity index is 277. The molecule has 0 saturated carbocycles. The molecule has 0 aromatic heterocycles. The third kappa shape index (κ3) is 2.12. The summed E-state index contributed by atoms with van der Waals surface area (Å²) in [6.45, 7) is 0. The van der Waals surface area contributed by atoms with Gasteiger partial charge in [-0.1, -0.05) is 0 Å². The van der Waals surface area contributed by atoms with Crippen molar-refractivity contribution in [3.8, 4) is 4.08 Å². The van der Waals surface area contributed by atoms with Crippen LogP contribution in [0.15, 0.2) is 24.3 Å². The van der Waals surface area contributed by atoms with E-state index < -0.39 is 26.2 Å². The molecule has 0 N–H and O–H groups in total. The molecule has 0 radical (unpaired) electrons. The Kier molecular flexibility index (Phi) is 2.76. The molecule has 0 spiro atoms. The van der Waals surface area contributed by atoms with Gasteiger partial charge in [0.1, 0.15) is 0 Å². The van der Waals surface area contributed by atoms with Crippen molar-refractivity contribution in [1.82, 2.24) is 0 Å². The van der Waals surface area contributed by atoms with Gasteiger partial charge in [0.05, 0.1) is 0 Å². The molecule has 0 heterocycles. The van der Waals surface area contributed by atoms with E-state index in [1.54, 1.807) is 4.08 Å². The van der Waals surface area contributed by atoms with Gasteiger partial charge in [-0.3, -0.25) is 0 Å². The minimum absolute atomic E-state index is 0.345. The van der Waals surface area contributed by atoms with Crippen LogP contribution in [0.25, 0.3) is 0 Å². The van der Waals surface area contributed by atoms with Crippen LogP contribution in [0.3, 0.4) is 0 Å². The molecule has 0 aliphatic rings. The summed E-state index contributed by atoms with van der Waals surface area (Å²) in [5.41, 5.74) is 0. The van der Waals surface area contributed by atoms with Crippen molar-refractivity contribution in [2.24, 2.45) is 0 Å². The summed E-state index contributed by atoms with van der Waals surface area (Å²) < 4.78 is 26.8. The molecule has 1 aromatic carbocycles. The molecule has 11 heavy (non-hydrogen) atoms. The summed E-state index contributed by atoms with van der Waals surface area (Å²) in [5.74, 6) is -0.407. The van der Waals surface area contributed by atoms with Crippen LogP contribution in [-0.4, -0.2) is 0 Å². The Morgan fingerprint density at radius 2 is 1.82 bits per heavy atom. The first kappa shape index (κ1) is 8.40. The zero-order chi connectivity index (χ0) is 8.27. The van der Waals surface area contributed by atoms with Crippen molar-refractivity contribution >= 4 is 20.4 Å². The molecule has 1 aromatic rings. The maximum atomic E-state index is 12.7. The van der Waals surface area contributed by atoms with E-state index in [0.717, 1.165) is 12.1 Å². The number of nitrogens with zero attached hydrogens (tertiary/aromatic N) is 1. The van der Waals surface area contributed by atoms with Gasteiger partial charge in [-0.2, -0.15) is 0 Å². The molecular formula is C7H4F2IN. The normalized spacial score (nSPS) is 10.5. The molecule has 0 amide bonds. The fourth-order valence-electron chi connectivity index (χ4n) is 0.589. The minimum atomic E-state index is -3.08. The van der Waals surface area contributed by atoms with Crippen LogP contribution in [0.1, 0.15) is 0 Å². The average Bonchev–Trinajstić information content (AvgIpc) is 2.05. The van der Waals surface area contributed by atoms with Crippen molar-refractivity contribution in [2.45, 2.75) is 0 Å². The SMILES string of the molecule is N#CI(F)c1ccc(F)cc1. The van der Waals surface area contributed by atoms with Crippen molar-refractivity contribution in [3.05, 3.63) is 33.7 Å². The Labute approximate surface area is 70.8 Å². The van der Waals surface area contributed by atoms with Gasteiger partial charge in [-0.25, -0.2) is 0 Å². The van der Waals surface area contributed by atoms with E-state index in [9.17, 15) is 7.25 Å². The number of halogens is 3. The van der Waals surface area contributed by atoms with Crippen LogP contribution < -0.4 is 0 Å². The third-order valence-corrected chi connectivity index (χ3v) is 3.31. The second kappa shape index (κ2) is 3.62. The summed E-state index contributed by atoms with van der Waals surface area (Å²) in [5, 5.41) is 8.21. The molecule has 4 heteroatoms. The van der Waals surface area contributed by atoms with Gasteiger partial charge in [0, 0.05) is 0 Å². The quantitative estimate of drug-likeness (QED) is 0.718. The van der Waals surface area contributed by atoms with Gasteiger partial charge >= 0.3 is 70.6 Å². The summed E-state index contributed by atoms with van der Waals surface area (Å²) in [4.78, 5) is 0. The van der Waals surface area contributed by atoms with E-state index in [4.69, 9.17) is 5.26 Å². The number of benzene rings is 1. The maximum absolute atomic E-state index is 12.7. The van der Waals surface area contributed by atoms with E-state index in [1.807, 2.05) is 0 Å². The standard InChI is InChI=1S/C7H4F2IN/c8-6-1-3-7(4-2-6)10(9)5-11/h1-4H. The fraction of sp³-hybridized carbons (Fsp3) is 0. The number of hydrogen-bond acceptors (Lipinski definition) is 1. The van der Waals surface area contributed by atoms with Crippen molar-refractivity contribution in [3.63, 3.8) is 0 Å². The van der Waals surface area contributed by atoms with Gasteiger partial charge in [-0.05, 0) is 0 Å². The molecule has 0 saturated heterocycles. The molecule has 58 valence electrons. The molecule has 0 aliphatic heterocycles. The first-order valence-electron chi connectivity index (χ1n) is 2.75. The molecular weight excluding hydrogens is 263 g/mol. The third-order valence-electron chi connectivity index (χ3n) is 1.07. The van der Waals surface area contributed by atoms with Crippen molar-refractivity contribution in [1.29, 1.82) is 5.26 Å². The second-order valence-corrected chi connectivity index (χ2v) is 4.84. The number of hydrogen-bond donors (Lipinski definition) is 0. The molecule has 0 fully saturated rings. The monoisotopic (exact) mass is 267 g/mol. The first-order valence-corrected chi connectivity index (χ1v) is 5.73. The van der Waals surface area contributed by atoms with Crippen LogP contribution in [-0.2, 0) is 0 Å². The van der Waals surface area contributed by atoms with Gasteiger partial charge in [-0.15, -0.1) is 0 Å². The number of rotatable bonds is 1. The van der Waals surface area contributed by atoms with E-state index >= 15 is 0 Å². The van der Waals surface area contributed by atoms with Gasteiger partial charge in [0.2, 0.25) is 0 Å². The molecule has 0 bridgehead atoms. The first-order chi connectivity index (χ1) is 5.24. The second-order valence-electron chi connectivity index (χ2n) is 1.76. The van der Waals surface area contributed by atoms with Gasteiger partial charge < -0.3 is 0 Å². The summed E-state index contributed by atoms with van der Waals surface area (Å²) in [6, 6.07) is 4.97. The van der Waals surface area contributed by atoms with Crippen LogP contribution in [0.2, 0.25) is 0 Å². The summed E-state index contributed by atoms with van der Waals surface area (Å²) in [7, 11) is 0. The Morgan fingerprint density at radius 1 is 1.27 bits per heavy atom. The van der Waals surface area contributed by atoms with Crippen molar-refractivity contribution in [2.75, 3.05) is 0 Å². The number of nitriles is 1. The Hall–Kier alpha value is -0.700. The molecule has 0 aliphatic carbocycles. The van der Waals surface area contributed by atoms with E-state index in [1.165, 1.54) is 12.1 Å². The van der Waals surface area contributed by atoms with Crippen LogP contribution >= 0.6 is 20.4 Å². The Balaban J connectivity index is 2.92. The van der Waals surface area contributed by atoms with Crippen LogP contribution in [0.5, 0.6) is 0 Å². The zero-order valence-corrected chi connectivity index (χ0v) is 7.55. The summed E-state index contributed by atoms with van der Waals surface area (Å²) in [6.07, 6.45) is 0. The van der Waals surface area contributed by atoms with Crippen LogP contribution in [0.4, 0.5) is 7.25 Å². The zero-order valence-electron chi connectivity index (χ0n) is 5.39. The predicted octanol–water partition coefficient (Wildman–Crippen LogP) is 2.87. The van der Waals surface area contributed by atoms with Gasteiger partial charge in [0.25, 0.3) is 0 Å². The van der Waals surface area contributed by atoms with E-state index in [-0.39, 0.29) is 0 Å². The Morgan fingerprint density at radius 3 is 2.27 bits per heavy atom. The van der Waals surface area contributed by atoms with Gasteiger partial charge in [0.15, 0.2) is 0 Å². The van der Waals surface area contributed by atoms with Crippen LogP contribution in [0, 0.1) is 18.7 Å². The average molecular weight is 267 g/mol. The van der Waals surface area contributed by atoms with E-state index in [2.05, 4.69) is 0 Å². The topological polar surface area (TPSA) is 23.8 Å². The fourth-order valence-corrected chi connectivity index (χ4v) is 1.86. The molecule has 1 nitrogen and oxygen atoms in total. The summed E-state index contributed by atoms with van der Waals surface area (Å²) >= 11 is -3.08. The van der Waals surface area contributed by atoms with E-state index in [0.29, 0.717) is 3.57 Å². The molecule has 0 atom stereocenters. The molecule has 1 rings (SSSR count).